The van der Waals surface area contributed by atoms with E-state index in [9.17, 15) is 14.5 Å². The van der Waals surface area contributed by atoms with Crippen LogP contribution in [0.25, 0.3) is 0 Å². The number of nitro groups is 1. The highest BCUT2D eigenvalue weighted by Crippen LogP contribution is 2.26. The van der Waals surface area contributed by atoms with Crippen LogP contribution in [-0.4, -0.2) is 21.9 Å². The van der Waals surface area contributed by atoms with Gasteiger partial charge in [0.25, 0.3) is 0 Å². The maximum atomic E-state index is 13.5. The number of hydrogen-bond donors (Lipinski definition) is 1. The molecule has 1 heterocycles. The number of rotatable bonds is 4. The van der Waals surface area contributed by atoms with Crippen molar-refractivity contribution in [3.63, 3.8) is 0 Å². The van der Waals surface area contributed by atoms with Crippen LogP contribution < -0.4 is 10.1 Å². The minimum atomic E-state index is -0.966. The highest BCUT2D eigenvalue weighted by Gasteiger charge is 2.15. The molecule has 0 bridgehead atoms. The Bertz CT molecular complexity index is 663. The number of benzene rings is 1. The second kappa shape index (κ2) is 5.47. The average Bonchev–Trinajstić information content (AvgIpc) is 2.37. The Labute approximate surface area is 113 Å². The summed E-state index contributed by atoms with van der Waals surface area (Å²) in [7, 11) is 1.69. The van der Waals surface area contributed by atoms with Crippen molar-refractivity contribution in [3.05, 3.63) is 46.0 Å². The zero-order valence-electron chi connectivity index (χ0n) is 10.8. The maximum absolute atomic E-state index is 13.5. The molecule has 0 fully saturated rings. The van der Waals surface area contributed by atoms with Crippen molar-refractivity contribution in [3.8, 4) is 11.6 Å². The predicted molar refractivity (Wildman–Crippen MR) is 69.4 cm³/mol. The number of halogens is 1. The molecule has 7 nitrogen and oxygen atoms in total. The molecule has 1 aromatic carbocycles. The molecular formula is C12H11FN4O3. The SMILES string of the molecule is CNc1cc(Oc2ccc([N+](=O)[O-])c(F)c2)nc(C)n1. The Morgan fingerprint density at radius 3 is 2.70 bits per heavy atom. The number of nitro benzene ring substituents is 1. The van der Waals surface area contributed by atoms with Gasteiger partial charge in [0.2, 0.25) is 11.7 Å². The Kier molecular flexibility index (Phi) is 3.74. The van der Waals surface area contributed by atoms with Crippen molar-refractivity contribution in [2.24, 2.45) is 0 Å². The fraction of sp³-hybridized carbons (Fsp3) is 0.167. The second-order valence-electron chi connectivity index (χ2n) is 3.86. The summed E-state index contributed by atoms with van der Waals surface area (Å²) in [5.41, 5.74) is -0.605. The van der Waals surface area contributed by atoms with E-state index in [-0.39, 0.29) is 11.6 Å². The van der Waals surface area contributed by atoms with Crippen LogP contribution in [0.2, 0.25) is 0 Å². The lowest BCUT2D eigenvalue weighted by atomic mass is 10.3. The topological polar surface area (TPSA) is 90.2 Å². The summed E-state index contributed by atoms with van der Waals surface area (Å²) in [5, 5.41) is 13.4. The highest BCUT2D eigenvalue weighted by atomic mass is 19.1. The van der Waals surface area contributed by atoms with Gasteiger partial charge >= 0.3 is 5.69 Å². The summed E-state index contributed by atoms with van der Waals surface area (Å²) in [6, 6.07) is 4.82. The molecule has 0 spiro atoms. The molecule has 0 saturated carbocycles. The molecule has 2 aromatic rings. The van der Waals surface area contributed by atoms with Gasteiger partial charge in [-0.05, 0) is 13.0 Å². The Balaban J connectivity index is 2.28. The van der Waals surface area contributed by atoms with Crippen molar-refractivity contribution in [1.82, 2.24) is 9.97 Å². The van der Waals surface area contributed by atoms with Crippen molar-refractivity contribution in [2.45, 2.75) is 6.92 Å². The lowest BCUT2D eigenvalue weighted by Gasteiger charge is -2.07. The van der Waals surface area contributed by atoms with Crippen LogP contribution >= 0.6 is 0 Å². The molecule has 0 unspecified atom stereocenters. The molecule has 0 aliphatic heterocycles. The summed E-state index contributed by atoms with van der Waals surface area (Å²) < 4.78 is 18.8. The fourth-order valence-corrected chi connectivity index (χ4v) is 1.54. The van der Waals surface area contributed by atoms with E-state index in [1.165, 1.54) is 12.1 Å². The summed E-state index contributed by atoms with van der Waals surface area (Å²) in [6.45, 7) is 1.68. The van der Waals surface area contributed by atoms with Gasteiger partial charge in [-0.2, -0.15) is 9.37 Å². The molecule has 104 valence electrons. The van der Waals surface area contributed by atoms with E-state index in [4.69, 9.17) is 4.74 Å². The molecule has 1 N–H and O–H groups in total. The molecular weight excluding hydrogens is 267 g/mol. The van der Waals surface area contributed by atoms with E-state index in [0.717, 1.165) is 12.1 Å². The molecule has 0 atom stereocenters. The van der Waals surface area contributed by atoms with Crippen molar-refractivity contribution < 1.29 is 14.1 Å². The first kappa shape index (κ1) is 13.7. The lowest BCUT2D eigenvalue weighted by Crippen LogP contribution is -1.99. The second-order valence-corrected chi connectivity index (χ2v) is 3.86. The van der Waals surface area contributed by atoms with Crippen LogP contribution in [0.5, 0.6) is 11.6 Å². The van der Waals surface area contributed by atoms with Gasteiger partial charge in [0.05, 0.1) is 4.92 Å². The van der Waals surface area contributed by atoms with E-state index in [2.05, 4.69) is 15.3 Å². The maximum Gasteiger partial charge on any atom is 0.305 e. The van der Waals surface area contributed by atoms with Crippen LogP contribution in [0.1, 0.15) is 5.82 Å². The third kappa shape index (κ3) is 2.97. The number of nitrogens with zero attached hydrogens (tertiary/aromatic N) is 3. The van der Waals surface area contributed by atoms with Gasteiger partial charge in [-0.3, -0.25) is 10.1 Å². The third-order valence-electron chi connectivity index (χ3n) is 2.41. The molecule has 0 saturated heterocycles. The first-order chi connectivity index (χ1) is 9.49. The Morgan fingerprint density at radius 2 is 2.10 bits per heavy atom. The monoisotopic (exact) mass is 278 g/mol. The van der Waals surface area contributed by atoms with Gasteiger partial charge in [-0.15, -0.1) is 0 Å². The van der Waals surface area contributed by atoms with Gasteiger partial charge in [-0.1, -0.05) is 0 Å². The Hall–Kier alpha value is -2.77. The average molecular weight is 278 g/mol. The molecule has 0 radical (unpaired) electrons. The van der Waals surface area contributed by atoms with E-state index < -0.39 is 16.4 Å². The zero-order chi connectivity index (χ0) is 14.7. The fourth-order valence-electron chi connectivity index (χ4n) is 1.54. The standard InChI is InChI=1S/C12H11FN4O3/c1-7-15-11(14-2)6-12(16-7)20-8-3-4-10(17(18)19)9(13)5-8/h3-6H,1-2H3,(H,14,15,16). The third-order valence-corrected chi connectivity index (χ3v) is 2.41. The predicted octanol–water partition coefficient (Wildman–Crippen LogP) is 2.67. The summed E-state index contributed by atoms with van der Waals surface area (Å²) in [4.78, 5) is 17.8. The van der Waals surface area contributed by atoms with Gasteiger partial charge in [0, 0.05) is 25.2 Å². The van der Waals surface area contributed by atoms with Gasteiger partial charge in [0.15, 0.2) is 0 Å². The van der Waals surface area contributed by atoms with Gasteiger partial charge in [0.1, 0.15) is 17.4 Å². The van der Waals surface area contributed by atoms with Crippen LogP contribution in [0.4, 0.5) is 15.9 Å². The van der Waals surface area contributed by atoms with E-state index in [1.807, 2.05) is 0 Å². The molecule has 0 aliphatic carbocycles. The van der Waals surface area contributed by atoms with Crippen molar-refractivity contribution in [2.75, 3.05) is 12.4 Å². The molecule has 1 aromatic heterocycles. The van der Waals surface area contributed by atoms with Crippen LogP contribution in [-0.2, 0) is 0 Å². The summed E-state index contributed by atoms with van der Waals surface area (Å²) in [5.74, 6) is 0.402. The minimum absolute atomic E-state index is 0.119. The molecule has 8 heteroatoms. The number of nitrogens with one attached hydrogen (secondary N) is 1. The first-order valence-corrected chi connectivity index (χ1v) is 5.65. The van der Waals surface area contributed by atoms with E-state index in [0.29, 0.717) is 11.6 Å². The van der Waals surface area contributed by atoms with Crippen LogP contribution in [0.15, 0.2) is 24.3 Å². The number of ether oxygens (including phenoxy) is 1. The normalized spacial score (nSPS) is 10.2. The van der Waals surface area contributed by atoms with E-state index >= 15 is 0 Å². The van der Waals surface area contributed by atoms with Crippen molar-refractivity contribution in [1.29, 1.82) is 0 Å². The molecule has 0 aliphatic rings. The summed E-state index contributed by atoms with van der Waals surface area (Å²) >= 11 is 0. The Morgan fingerprint density at radius 1 is 1.35 bits per heavy atom. The lowest BCUT2D eigenvalue weighted by molar-refractivity contribution is -0.387. The smallest absolute Gasteiger partial charge is 0.305 e. The van der Waals surface area contributed by atoms with Gasteiger partial charge < -0.3 is 10.1 Å². The zero-order valence-corrected chi connectivity index (χ0v) is 10.8. The van der Waals surface area contributed by atoms with Gasteiger partial charge in [-0.25, -0.2) is 4.98 Å². The first-order valence-electron chi connectivity index (χ1n) is 5.65. The van der Waals surface area contributed by atoms with Crippen LogP contribution in [0, 0.1) is 22.9 Å². The largest absolute Gasteiger partial charge is 0.439 e. The molecule has 0 amide bonds. The number of anilines is 1. The van der Waals surface area contributed by atoms with Crippen LogP contribution in [0.3, 0.4) is 0 Å². The summed E-state index contributed by atoms with van der Waals surface area (Å²) in [6.07, 6.45) is 0. The molecule has 2 rings (SSSR count). The van der Waals surface area contributed by atoms with E-state index in [1.54, 1.807) is 14.0 Å². The molecule has 20 heavy (non-hydrogen) atoms. The minimum Gasteiger partial charge on any atom is -0.439 e. The quantitative estimate of drug-likeness (QED) is 0.683. The number of aryl methyl sites for hydroxylation is 1. The number of hydrogen-bond acceptors (Lipinski definition) is 6. The van der Waals surface area contributed by atoms with Crippen molar-refractivity contribution >= 4 is 11.5 Å². The highest BCUT2D eigenvalue weighted by molar-refractivity contribution is 5.42. The number of aromatic nitrogens is 2.